The van der Waals surface area contributed by atoms with Gasteiger partial charge in [0, 0.05) is 12.0 Å². The van der Waals surface area contributed by atoms with E-state index in [1.165, 1.54) is 0 Å². The minimum absolute atomic E-state index is 0.270. The topological polar surface area (TPSA) is 85.2 Å². The van der Waals surface area contributed by atoms with Gasteiger partial charge >= 0.3 is 5.92 Å². The van der Waals surface area contributed by atoms with Crippen LogP contribution < -0.4 is 0 Å². The van der Waals surface area contributed by atoms with Crippen molar-refractivity contribution < 1.29 is 8.78 Å². The zero-order valence-corrected chi connectivity index (χ0v) is 19.2. The van der Waals surface area contributed by atoms with Crippen LogP contribution in [0.3, 0.4) is 0 Å². The maximum Gasteiger partial charge on any atom is 0.308 e. The Balaban J connectivity index is 1.53. The summed E-state index contributed by atoms with van der Waals surface area (Å²) in [5.74, 6) is -2.46. The average molecular weight is 464 g/mol. The SMILES string of the molecule is CC/C=C/c1nc(C(F)(F)CCC)nn1Cc1ccc(Cc2ccccc2-c2nn[nH]n2)cc1. The second-order valence-electron chi connectivity index (χ2n) is 8.10. The molecule has 4 rings (SSSR count). The van der Waals surface area contributed by atoms with Gasteiger partial charge in [-0.05, 0) is 47.2 Å². The summed E-state index contributed by atoms with van der Waals surface area (Å²) in [6.45, 7) is 4.07. The number of aromatic nitrogens is 7. The summed E-state index contributed by atoms with van der Waals surface area (Å²) >= 11 is 0. The predicted molar refractivity (Wildman–Crippen MR) is 126 cm³/mol. The fourth-order valence-electron chi connectivity index (χ4n) is 3.72. The minimum Gasteiger partial charge on any atom is -0.241 e. The molecule has 0 aliphatic heterocycles. The third kappa shape index (κ3) is 5.41. The van der Waals surface area contributed by atoms with Crippen molar-refractivity contribution in [2.24, 2.45) is 0 Å². The Morgan fingerprint density at radius 2 is 1.79 bits per heavy atom. The molecule has 34 heavy (non-hydrogen) atoms. The lowest BCUT2D eigenvalue weighted by Crippen LogP contribution is -2.15. The van der Waals surface area contributed by atoms with Gasteiger partial charge in [0.2, 0.25) is 11.6 Å². The summed E-state index contributed by atoms with van der Waals surface area (Å²) < 4.78 is 30.4. The van der Waals surface area contributed by atoms with Gasteiger partial charge in [0.05, 0.1) is 6.54 Å². The largest absolute Gasteiger partial charge is 0.308 e. The fourth-order valence-corrected chi connectivity index (χ4v) is 3.72. The number of tetrazole rings is 1. The van der Waals surface area contributed by atoms with Crippen LogP contribution in [0.15, 0.2) is 54.6 Å². The molecule has 0 saturated heterocycles. The highest BCUT2D eigenvalue weighted by atomic mass is 19.3. The molecule has 0 amide bonds. The van der Waals surface area contributed by atoms with Crippen molar-refractivity contribution in [3.63, 3.8) is 0 Å². The number of aromatic amines is 1. The number of nitrogens with one attached hydrogen (secondary N) is 1. The molecule has 0 atom stereocenters. The summed E-state index contributed by atoms with van der Waals surface area (Å²) in [6, 6.07) is 16.0. The number of nitrogens with zero attached hydrogens (tertiary/aromatic N) is 6. The minimum atomic E-state index is -3.04. The van der Waals surface area contributed by atoms with Crippen molar-refractivity contribution >= 4 is 6.08 Å². The first-order chi connectivity index (χ1) is 16.5. The highest BCUT2D eigenvalue weighted by molar-refractivity contribution is 5.60. The van der Waals surface area contributed by atoms with Gasteiger partial charge in [0.25, 0.3) is 0 Å². The molecular formula is C25H27F2N7. The van der Waals surface area contributed by atoms with Gasteiger partial charge in [-0.25, -0.2) is 9.67 Å². The summed E-state index contributed by atoms with van der Waals surface area (Å²) in [5, 5.41) is 18.5. The monoisotopic (exact) mass is 463 g/mol. The molecule has 0 spiro atoms. The molecule has 0 bridgehead atoms. The van der Waals surface area contributed by atoms with Crippen LogP contribution in [0.2, 0.25) is 0 Å². The molecule has 7 nitrogen and oxygen atoms in total. The highest BCUT2D eigenvalue weighted by Gasteiger charge is 2.35. The van der Waals surface area contributed by atoms with Crippen LogP contribution in [0.25, 0.3) is 17.5 Å². The maximum absolute atomic E-state index is 14.4. The molecule has 2 heterocycles. The summed E-state index contributed by atoms with van der Waals surface area (Å²) in [4.78, 5) is 4.14. The lowest BCUT2D eigenvalue weighted by molar-refractivity contribution is -0.0232. The van der Waals surface area contributed by atoms with Gasteiger partial charge in [0.1, 0.15) is 0 Å². The molecule has 0 saturated carbocycles. The Labute approximate surface area is 196 Å². The van der Waals surface area contributed by atoms with E-state index in [0.717, 1.165) is 28.7 Å². The first kappa shape index (κ1) is 23.4. The molecular weight excluding hydrogens is 436 g/mol. The summed E-state index contributed by atoms with van der Waals surface area (Å²) in [7, 11) is 0. The van der Waals surface area contributed by atoms with Crippen LogP contribution in [-0.4, -0.2) is 35.4 Å². The molecule has 0 radical (unpaired) electrons. The second kappa shape index (κ2) is 10.5. The molecule has 0 aliphatic rings. The normalized spacial score (nSPS) is 12.0. The van der Waals surface area contributed by atoms with E-state index in [9.17, 15) is 8.78 Å². The van der Waals surface area contributed by atoms with Crippen molar-refractivity contribution in [2.75, 3.05) is 0 Å². The third-order valence-corrected chi connectivity index (χ3v) is 5.45. The zero-order chi connectivity index (χ0) is 24.0. The van der Waals surface area contributed by atoms with Crippen molar-refractivity contribution in [2.45, 2.75) is 52.0 Å². The van der Waals surface area contributed by atoms with Gasteiger partial charge in [-0.2, -0.15) is 14.0 Å². The Morgan fingerprint density at radius 3 is 2.50 bits per heavy atom. The van der Waals surface area contributed by atoms with Gasteiger partial charge in [0.15, 0.2) is 5.82 Å². The number of H-pyrrole nitrogens is 1. The second-order valence-corrected chi connectivity index (χ2v) is 8.10. The third-order valence-electron chi connectivity index (χ3n) is 5.45. The number of hydrogen-bond acceptors (Lipinski definition) is 5. The van der Waals surface area contributed by atoms with Gasteiger partial charge < -0.3 is 0 Å². The number of benzene rings is 2. The Hall–Kier alpha value is -3.75. The number of rotatable bonds is 10. The predicted octanol–water partition coefficient (Wildman–Crippen LogP) is 5.41. The quantitative estimate of drug-likeness (QED) is 0.340. The maximum atomic E-state index is 14.4. The van der Waals surface area contributed by atoms with E-state index in [0.29, 0.717) is 31.0 Å². The van der Waals surface area contributed by atoms with E-state index in [-0.39, 0.29) is 6.42 Å². The van der Waals surface area contributed by atoms with Crippen LogP contribution in [0.5, 0.6) is 0 Å². The number of allylic oxidation sites excluding steroid dienone is 1. The van der Waals surface area contributed by atoms with Crippen molar-refractivity contribution in [3.05, 3.63) is 82.9 Å². The average Bonchev–Trinajstić information content (AvgIpc) is 3.50. The van der Waals surface area contributed by atoms with E-state index in [1.54, 1.807) is 17.7 Å². The number of halogens is 2. The van der Waals surface area contributed by atoms with Crippen LogP contribution >= 0.6 is 0 Å². The number of hydrogen-bond donors (Lipinski definition) is 1. The van der Waals surface area contributed by atoms with Crippen LogP contribution in [0.1, 0.15) is 61.4 Å². The molecule has 2 aromatic heterocycles. The van der Waals surface area contributed by atoms with Gasteiger partial charge in [-0.1, -0.05) is 68.5 Å². The van der Waals surface area contributed by atoms with Crippen molar-refractivity contribution in [1.29, 1.82) is 0 Å². The first-order valence-corrected chi connectivity index (χ1v) is 11.4. The Kier molecular flexibility index (Phi) is 7.20. The van der Waals surface area contributed by atoms with E-state index < -0.39 is 11.7 Å². The van der Waals surface area contributed by atoms with Crippen LogP contribution in [-0.2, 0) is 18.9 Å². The Bertz CT molecular complexity index is 1230. The van der Waals surface area contributed by atoms with Crippen LogP contribution in [0, 0.1) is 0 Å². The molecule has 4 aromatic rings. The Morgan fingerprint density at radius 1 is 1.03 bits per heavy atom. The molecule has 0 aliphatic carbocycles. The van der Waals surface area contributed by atoms with Gasteiger partial charge in [-0.3, -0.25) is 0 Å². The standard InChI is InChI=1S/C25H27F2N7/c1-3-5-10-22-28-24(25(26,27)15-4-2)31-34(22)17-19-13-11-18(12-14-19)16-20-8-6-7-9-21(20)23-29-32-33-30-23/h5-14H,3-4,15-17H2,1-2H3,(H,29,30,32,33)/b10-5+. The van der Waals surface area contributed by atoms with E-state index in [4.69, 9.17) is 0 Å². The smallest absolute Gasteiger partial charge is 0.241 e. The fraction of sp³-hybridized carbons (Fsp3) is 0.320. The van der Waals surface area contributed by atoms with Crippen LogP contribution in [0.4, 0.5) is 8.78 Å². The van der Waals surface area contributed by atoms with E-state index >= 15 is 0 Å². The highest BCUT2D eigenvalue weighted by Crippen LogP contribution is 2.31. The number of alkyl halides is 2. The molecule has 2 aromatic carbocycles. The zero-order valence-electron chi connectivity index (χ0n) is 19.2. The molecule has 0 fully saturated rings. The lowest BCUT2D eigenvalue weighted by atomic mass is 9.98. The molecule has 1 N–H and O–H groups in total. The van der Waals surface area contributed by atoms with E-state index in [2.05, 4.69) is 30.7 Å². The molecule has 9 heteroatoms. The summed E-state index contributed by atoms with van der Waals surface area (Å²) in [6.07, 6.45) is 5.22. The molecule has 176 valence electrons. The van der Waals surface area contributed by atoms with Crippen molar-refractivity contribution in [3.8, 4) is 11.4 Å². The first-order valence-electron chi connectivity index (χ1n) is 11.4. The lowest BCUT2D eigenvalue weighted by Gasteiger charge is -2.10. The van der Waals surface area contributed by atoms with Gasteiger partial charge in [-0.15, -0.1) is 15.3 Å². The summed E-state index contributed by atoms with van der Waals surface area (Å²) in [5.41, 5.74) is 4.08. The molecule has 0 unspecified atom stereocenters. The van der Waals surface area contributed by atoms with Crippen molar-refractivity contribution in [1.82, 2.24) is 35.4 Å². The van der Waals surface area contributed by atoms with E-state index in [1.807, 2.05) is 61.5 Å².